The third kappa shape index (κ3) is 13.6. The summed E-state index contributed by atoms with van der Waals surface area (Å²) < 4.78 is 97.5. The third-order valence-corrected chi connectivity index (χ3v) is 14.1. The summed E-state index contributed by atoms with van der Waals surface area (Å²) in [5, 5.41) is 23.8. The molecule has 0 saturated carbocycles. The van der Waals surface area contributed by atoms with Crippen molar-refractivity contribution in [3.63, 3.8) is 0 Å². The number of carbonyl (C=O) groups excluding carboxylic acids is 2. The quantitative estimate of drug-likeness (QED) is 0.0749. The molecule has 428 valence electrons. The Hall–Kier alpha value is -7.69. The number of aromatic nitrogens is 6. The highest BCUT2D eigenvalue weighted by molar-refractivity contribution is 7.85. The van der Waals surface area contributed by atoms with Crippen molar-refractivity contribution in [2.75, 3.05) is 126 Å². The molecule has 4 aliphatic heterocycles. The number of halogens is 2. The number of nitrogens with one attached hydrogen (secondary N) is 2. The van der Waals surface area contributed by atoms with Crippen LogP contribution in [0.2, 0.25) is 0 Å². The molecule has 0 unspecified atom stereocenters. The van der Waals surface area contributed by atoms with Crippen molar-refractivity contribution in [1.82, 2.24) is 50.3 Å². The van der Waals surface area contributed by atoms with E-state index in [9.17, 15) is 26.8 Å². The second kappa shape index (κ2) is 25.4. The molecule has 8 heterocycles. The van der Waals surface area contributed by atoms with Crippen LogP contribution >= 0.6 is 0 Å². The van der Waals surface area contributed by atoms with Gasteiger partial charge in [-0.05, 0) is 36.4 Å². The molecule has 4 fully saturated rings. The van der Waals surface area contributed by atoms with E-state index in [-0.39, 0.29) is 36.5 Å². The van der Waals surface area contributed by atoms with Crippen LogP contribution in [0.3, 0.4) is 0 Å². The number of carbonyl (C=O) groups is 2. The molecule has 0 radical (unpaired) electrons. The Balaban J connectivity index is 0.000000168. The van der Waals surface area contributed by atoms with Gasteiger partial charge < -0.3 is 47.3 Å². The SMILES string of the molecule is COCCOc1cc2[nH]nc(-c3cc(-c4ccc(C(=O)N5CCN(C6COC6)CC5)cc4)no3)c2cc1F.COCCOc1cc2[nH]nc(-c3cc(-c4ccc(C(=O)N5CCN(C6COC6)CC5)cc4)no3)c2cc1F.CS(=O)(=O)O. The standard InChI is InChI=1S/2C27H28FN5O5.CH4O3S/c2*1-35-10-11-37-24-14-23-20(12-21(24)28)26(30-29-23)25-13-22(31-38-25)17-2-4-18(5-3-17)27(34)33-8-6-32(7-9-33)19-15-36-16-19;1-5(2,3)4/h2*2-5,12-14,19H,6-11,15-16H2,1H3,(H,29,30);1H3,(H,2,3,4). The summed E-state index contributed by atoms with van der Waals surface area (Å²) in [6, 6.07) is 25.0. The average molecular weight is 1140 g/mol. The predicted molar refractivity (Wildman–Crippen MR) is 290 cm³/mol. The molecule has 3 N–H and O–H groups in total. The first-order valence-corrected chi connectivity index (χ1v) is 27.9. The first-order chi connectivity index (χ1) is 39.2. The smallest absolute Gasteiger partial charge is 0.261 e. The number of hydrogen-bond acceptors (Lipinski definition) is 18. The zero-order chi connectivity index (χ0) is 56.6. The van der Waals surface area contributed by atoms with Crippen LogP contribution in [-0.4, -0.2) is 213 Å². The van der Waals surface area contributed by atoms with Crippen molar-refractivity contribution in [2.45, 2.75) is 12.1 Å². The van der Waals surface area contributed by atoms with Crippen LogP contribution < -0.4 is 9.47 Å². The number of rotatable bonds is 16. The number of aromatic amines is 2. The van der Waals surface area contributed by atoms with Gasteiger partial charge in [0.05, 0.1) is 69.0 Å². The number of fused-ring (bicyclic) bond motifs is 2. The van der Waals surface area contributed by atoms with Gasteiger partial charge in [0.25, 0.3) is 21.9 Å². The molecule has 23 nitrogen and oxygen atoms in total. The van der Waals surface area contributed by atoms with E-state index in [1.54, 1.807) is 38.5 Å². The van der Waals surface area contributed by atoms with Gasteiger partial charge in [0.15, 0.2) is 34.7 Å². The van der Waals surface area contributed by atoms with Crippen LogP contribution in [0.15, 0.2) is 94.0 Å². The molecule has 2 amide bonds. The van der Waals surface area contributed by atoms with Gasteiger partial charge in [-0.3, -0.25) is 34.1 Å². The number of nitrogens with zero attached hydrogens (tertiary/aromatic N) is 8. The van der Waals surface area contributed by atoms with Crippen LogP contribution in [0.4, 0.5) is 8.78 Å². The number of methoxy groups -OCH3 is 2. The number of piperazine rings is 2. The van der Waals surface area contributed by atoms with E-state index in [4.69, 9.17) is 42.0 Å². The highest BCUT2D eigenvalue weighted by atomic mass is 32.2. The molecule has 12 rings (SSSR count). The van der Waals surface area contributed by atoms with E-state index in [0.29, 0.717) is 125 Å². The van der Waals surface area contributed by atoms with E-state index < -0.39 is 21.8 Å². The summed E-state index contributed by atoms with van der Waals surface area (Å²) in [5.41, 5.74) is 6.15. The lowest BCUT2D eigenvalue weighted by molar-refractivity contribution is -0.0746. The number of ether oxygens (including phenoxy) is 6. The molecule has 0 bridgehead atoms. The van der Waals surface area contributed by atoms with Crippen molar-refractivity contribution in [3.8, 4) is 56.9 Å². The third-order valence-electron chi connectivity index (χ3n) is 14.1. The average Bonchev–Trinajstić information content (AvgIpc) is 4.29. The monoisotopic (exact) mass is 1140 g/mol. The van der Waals surface area contributed by atoms with Crippen molar-refractivity contribution in [1.29, 1.82) is 0 Å². The van der Waals surface area contributed by atoms with E-state index in [1.165, 1.54) is 12.1 Å². The van der Waals surface area contributed by atoms with Gasteiger partial charge in [-0.15, -0.1) is 0 Å². The molecule has 0 atom stereocenters. The zero-order valence-electron chi connectivity index (χ0n) is 44.6. The van der Waals surface area contributed by atoms with Crippen LogP contribution in [0.5, 0.6) is 11.5 Å². The first-order valence-electron chi connectivity index (χ1n) is 26.1. The molecule has 26 heteroatoms. The second-order valence-corrected chi connectivity index (χ2v) is 21.0. The molecule has 4 aromatic carbocycles. The van der Waals surface area contributed by atoms with E-state index in [0.717, 1.165) is 63.7 Å². The molecule has 4 aromatic heterocycles. The van der Waals surface area contributed by atoms with Crippen molar-refractivity contribution < 1.29 is 68.8 Å². The Morgan fingerprint density at radius 2 is 0.963 bits per heavy atom. The Morgan fingerprint density at radius 3 is 1.30 bits per heavy atom. The summed E-state index contributed by atoms with van der Waals surface area (Å²) >= 11 is 0. The Morgan fingerprint density at radius 1 is 0.593 bits per heavy atom. The fourth-order valence-corrected chi connectivity index (χ4v) is 9.53. The molecule has 0 spiro atoms. The van der Waals surface area contributed by atoms with E-state index in [2.05, 4.69) is 40.5 Å². The summed E-state index contributed by atoms with van der Waals surface area (Å²) in [6.45, 7) is 10.7. The minimum Gasteiger partial charge on any atom is -0.488 e. The van der Waals surface area contributed by atoms with E-state index in [1.807, 2.05) is 58.3 Å². The lowest BCUT2D eigenvalue weighted by Crippen LogP contribution is -2.57. The predicted octanol–water partition coefficient (Wildman–Crippen LogP) is 5.92. The van der Waals surface area contributed by atoms with Crippen LogP contribution in [0.25, 0.3) is 67.2 Å². The second-order valence-electron chi connectivity index (χ2n) is 19.6. The normalized spacial score (nSPS) is 16.3. The maximum Gasteiger partial charge on any atom is 0.261 e. The lowest BCUT2D eigenvalue weighted by Gasteiger charge is -2.42. The lowest BCUT2D eigenvalue weighted by atomic mass is 10.1. The van der Waals surface area contributed by atoms with Gasteiger partial charge >= 0.3 is 0 Å². The minimum absolute atomic E-state index is 0.0255. The zero-order valence-corrected chi connectivity index (χ0v) is 45.5. The van der Waals surface area contributed by atoms with Crippen molar-refractivity contribution >= 4 is 43.7 Å². The highest BCUT2D eigenvalue weighted by Crippen LogP contribution is 2.35. The Kier molecular flexibility index (Phi) is 17.7. The number of H-pyrrole nitrogens is 2. The number of amides is 2. The first kappa shape index (κ1) is 56.6. The van der Waals surface area contributed by atoms with Gasteiger partial charge in [0.2, 0.25) is 0 Å². The molecule has 81 heavy (non-hydrogen) atoms. The van der Waals surface area contributed by atoms with E-state index >= 15 is 0 Å². The molecule has 4 saturated heterocycles. The van der Waals surface area contributed by atoms with Crippen LogP contribution in [0, 0.1) is 11.6 Å². The molecule has 0 aliphatic carbocycles. The molecule has 4 aliphatic rings. The van der Waals surface area contributed by atoms with Gasteiger partial charge in [0, 0.05) is 124 Å². The Bertz CT molecular complexity index is 3330. The summed E-state index contributed by atoms with van der Waals surface area (Å²) in [6.07, 6.45) is 0.715. The van der Waals surface area contributed by atoms with Crippen LogP contribution in [-0.2, 0) is 29.1 Å². The Labute approximate surface area is 463 Å². The fraction of sp³-hybridized carbons (Fsp3) is 0.382. The fourth-order valence-electron chi connectivity index (χ4n) is 9.53. The summed E-state index contributed by atoms with van der Waals surface area (Å²) in [5.74, 6) is 0.0709. The molecular weight excluding hydrogens is 1080 g/mol. The molecule has 8 aromatic rings. The summed E-state index contributed by atoms with van der Waals surface area (Å²) in [4.78, 5) is 34.6. The van der Waals surface area contributed by atoms with Gasteiger partial charge in [-0.25, -0.2) is 8.78 Å². The summed E-state index contributed by atoms with van der Waals surface area (Å²) in [7, 11) is -0.558. The topological polar surface area (TPSA) is 266 Å². The highest BCUT2D eigenvalue weighted by Gasteiger charge is 2.32. The minimum atomic E-state index is -3.67. The largest absolute Gasteiger partial charge is 0.488 e. The van der Waals surface area contributed by atoms with Crippen molar-refractivity contribution in [2.24, 2.45) is 0 Å². The maximum absolute atomic E-state index is 14.6. The van der Waals surface area contributed by atoms with Gasteiger partial charge in [-0.1, -0.05) is 34.6 Å². The number of hydrogen-bond donors (Lipinski definition) is 3. The van der Waals surface area contributed by atoms with Gasteiger partial charge in [0.1, 0.15) is 36.0 Å². The van der Waals surface area contributed by atoms with Crippen molar-refractivity contribution in [3.05, 3.63) is 108 Å². The maximum atomic E-state index is 14.6. The van der Waals surface area contributed by atoms with Gasteiger partial charge in [-0.2, -0.15) is 18.6 Å². The van der Waals surface area contributed by atoms with Crippen LogP contribution in [0.1, 0.15) is 20.7 Å². The molecular formula is C55H60F2N10O13S. The number of benzene rings is 4.